The highest BCUT2D eigenvalue weighted by atomic mass is 35.5. The van der Waals surface area contributed by atoms with Gasteiger partial charge in [0.1, 0.15) is 11.9 Å². The van der Waals surface area contributed by atoms with Crippen LogP contribution in [0.25, 0.3) is 0 Å². The number of ether oxygens (including phenoxy) is 1. The summed E-state index contributed by atoms with van der Waals surface area (Å²) < 4.78 is 5.78. The lowest BCUT2D eigenvalue weighted by molar-refractivity contribution is -0.146. The van der Waals surface area contributed by atoms with Gasteiger partial charge < -0.3 is 15.4 Å². The summed E-state index contributed by atoms with van der Waals surface area (Å²) in [5.74, 6) is 1.06. The van der Waals surface area contributed by atoms with E-state index >= 15 is 0 Å². The SMILES string of the molecule is CC(N)(C(=O)N1CC(Oc2ccccc2Cl)C1)C1CC1. The molecule has 0 bridgehead atoms. The standard InChI is InChI=1S/C15H19ClN2O2/c1-15(17,10-6-7-10)14(19)18-8-11(9-18)20-13-5-3-2-4-12(13)16/h2-5,10-11H,6-9,17H2,1H3. The van der Waals surface area contributed by atoms with E-state index in [1.807, 2.05) is 25.1 Å². The molecule has 0 spiro atoms. The minimum absolute atomic E-state index is 0.00820. The minimum Gasteiger partial charge on any atom is -0.485 e. The Hall–Kier alpha value is -1.26. The van der Waals surface area contributed by atoms with E-state index in [-0.39, 0.29) is 12.0 Å². The molecule has 2 aliphatic rings. The van der Waals surface area contributed by atoms with Gasteiger partial charge in [0.05, 0.1) is 23.7 Å². The molecule has 1 unspecified atom stereocenters. The molecule has 1 saturated carbocycles. The van der Waals surface area contributed by atoms with Crippen LogP contribution >= 0.6 is 11.6 Å². The summed E-state index contributed by atoms with van der Waals surface area (Å²) in [6, 6.07) is 7.38. The quantitative estimate of drug-likeness (QED) is 0.925. The molecule has 0 aromatic heterocycles. The van der Waals surface area contributed by atoms with Crippen molar-refractivity contribution in [3.8, 4) is 5.75 Å². The predicted molar refractivity (Wildman–Crippen MR) is 77.8 cm³/mol. The van der Waals surface area contributed by atoms with Gasteiger partial charge in [0.15, 0.2) is 0 Å². The van der Waals surface area contributed by atoms with Crippen LogP contribution in [0.15, 0.2) is 24.3 Å². The molecule has 0 radical (unpaired) electrons. The smallest absolute Gasteiger partial charge is 0.242 e. The normalized spacial score (nSPS) is 22.1. The molecule has 1 saturated heterocycles. The van der Waals surface area contributed by atoms with Gasteiger partial charge in [-0.1, -0.05) is 23.7 Å². The summed E-state index contributed by atoms with van der Waals surface area (Å²) in [5, 5.41) is 0.596. The van der Waals surface area contributed by atoms with Crippen molar-refractivity contribution in [2.75, 3.05) is 13.1 Å². The number of halogens is 1. The second-order valence-electron chi connectivity index (χ2n) is 5.94. The minimum atomic E-state index is -0.713. The summed E-state index contributed by atoms with van der Waals surface area (Å²) in [6.07, 6.45) is 2.13. The highest BCUT2D eigenvalue weighted by Crippen LogP contribution is 2.39. The van der Waals surface area contributed by atoms with E-state index in [1.165, 1.54) is 0 Å². The molecule has 1 atom stereocenters. The first-order chi connectivity index (χ1) is 9.48. The van der Waals surface area contributed by atoms with E-state index in [9.17, 15) is 4.79 Å². The van der Waals surface area contributed by atoms with E-state index in [1.54, 1.807) is 11.0 Å². The largest absolute Gasteiger partial charge is 0.485 e. The van der Waals surface area contributed by atoms with E-state index in [2.05, 4.69) is 0 Å². The monoisotopic (exact) mass is 294 g/mol. The molecule has 20 heavy (non-hydrogen) atoms. The van der Waals surface area contributed by atoms with Gasteiger partial charge in [-0.2, -0.15) is 0 Å². The second kappa shape index (κ2) is 4.93. The number of benzene rings is 1. The number of likely N-dealkylation sites (tertiary alicyclic amines) is 1. The Labute approximate surface area is 123 Å². The molecule has 4 nitrogen and oxygen atoms in total. The summed E-state index contributed by atoms with van der Waals surface area (Å²) >= 11 is 6.05. The lowest BCUT2D eigenvalue weighted by atomic mass is 9.93. The first-order valence-electron chi connectivity index (χ1n) is 6.98. The molecule has 1 aromatic rings. The van der Waals surface area contributed by atoms with Crippen molar-refractivity contribution in [1.29, 1.82) is 0 Å². The third-order valence-corrected chi connectivity index (χ3v) is 4.46. The zero-order valence-electron chi connectivity index (χ0n) is 11.5. The van der Waals surface area contributed by atoms with Crippen LogP contribution in [0.1, 0.15) is 19.8 Å². The van der Waals surface area contributed by atoms with Crippen LogP contribution in [0.3, 0.4) is 0 Å². The van der Waals surface area contributed by atoms with Crippen molar-refractivity contribution < 1.29 is 9.53 Å². The number of para-hydroxylation sites is 1. The molecule has 2 N–H and O–H groups in total. The summed E-state index contributed by atoms with van der Waals surface area (Å²) in [5.41, 5.74) is 5.43. The Balaban J connectivity index is 1.54. The van der Waals surface area contributed by atoms with Crippen LogP contribution in [-0.2, 0) is 4.79 Å². The maximum Gasteiger partial charge on any atom is 0.242 e. The van der Waals surface area contributed by atoms with Gasteiger partial charge in [-0.15, -0.1) is 0 Å². The van der Waals surface area contributed by atoms with Crippen LogP contribution in [-0.4, -0.2) is 35.5 Å². The van der Waals surface area contributed by atoms with Crippen LogP contribution < -0.4 is 10.5 Å². The summed E-state index contributed by atoms with van der Waals surface area (Å²) in [7, 11) is 0. The Bertz CT molecular complexity index is 522. The van der Waals surface area contributed by atoms with E-state index in [0.717, 1.165) is 12.8 Å². The Morgan fingerprint density at radius 1 is 1.40 bits per heavy atom. The third-order valence-electron chi connectivity index (χ3n) is 4.15. The van der Waals surface area contributed by atoms with Crippen LogP contribution in [0.4, 0.5) is 0 Å². The molecule has 1 amide bonds. The van der Waals surface area contributed by atoms with E-state index < -0.39 is 5.54 Å². The number of hydrogen-bond donors (Lipinski definition) is 1. The van der Waals surface area contributed by atoms with Crippen molar-refractivity contribution in [3.63, 3.8) is 0 Å². The molecule has 3 rings (SSSR count). The molecular weight excluding hydrogens is 276 g/mol. The molecular formula is C15H19ClN2O2. The fraction of sp³-hybridized carbons (Fsp3) is 0.533. The van der Waals surface area contributed by atoms with Crippen LogP contribution in [0.2, 0.25) is 5.02 Å². The lowest BCUT2D eigenvalue weighted by Crippen LogP contribution is -2.64. The first-order valence-corrected chi connectivity index (χ1v) is 7.35. The molecule has 108 valence electrons. The predicted octanol–water partition coefficient (Wildman–Crippen LogP) is 2.06. The number of carbonyl (C=O) groups excluding carboxylic acids is 1. The van der Waals surface area contributed by atoms with Gasteiger partial charge in [-0.25, -0.2) is 0 Å². The van der Waals surface area contributed by atoms with Gasteiger partial charge in [0.25, 0.3) is 0 Å². The Morgan fingerprint density at radius 2 is 2.05 bits per heavy atom. The molecule has 1 heterocycles. The van der Waals surface area contributed by atoms with Crippen molar-refractivity contribution in [2.45, 2.75) is 31.4 Å². The highest BCUT2D eigenvalue weighted by molar-refractivity contribution is 6.32. The van der Waals surface area contributed by atoms with Crippen molar-refractivity contribution >= 4 is 17.5 Å². The number of nitrogens with zero attached hydrogens (tertiary/aromatic N) is 1. The number of carbonyl (C=O) groups is 1. The highest BCUT2D eigenvalue weighted by Gasteiger charge is 2.48. The lowest BCUT2D eigenvalue weighted by Gasteiger charge is -2.42. The van der Waals surface area contributed by atoms with Gasteiger partial charge in [-0.3, -0.25) is 4.79 Å². The van der Waals surface area contributed by atoms with Gasteiger partial charge >= 0.3 is 0 Å². The summed E-state index contributed by atoms with van der Waals surface area (Å²) in [6.45, 7) is 3.02. The number of rotatable bonds is 4. The molecule has 1 aromatic carbocycles. The van der Waals surface area contributed by atoms with Crippen molar-refractivity contribution in [1.82, 2.24) is 4.90 Å². The molecule has 1 aliphatic heterocycles. The maximum absolute atomic E-state index is 12.3. The average molecular weight is 295 g/mol. The molecule has 2 fully saturated rings. The summed E-state index contributed by atoms with van der Waals surface area (Å²) in [4.78, 5) is 14.1. The number of nitrogens with two attached hydrogens (primary N) is 1. The third kappa shape index (κ3) is 2.50. The average Bonchev–Trinajstić information content (AvgIpc) is 3.19. The van der Waals surface area contributed by atoms with Gasteiger partial charge in [0.2, 0.25) is 5.91 Å². The zero-order chi connectivity index (χ0) is 14.3. The Kier molecular flexibility index (Phi) is 3.38. The topological polar surface area (TPSA) is 55.6 Å². The maximum atomic E-state index is 12.3. The van der Waals surface area contributed by atoms with Gasteiger partial charge in [0, 0.05) is 0 Å². The second-order valence-corrected chi connectivity index (χ2v) is 6.34. The Morgan fingerprint density at radius 3 is 2.65 bits per heavy atom. The molecule has 1 aliphatic carbocycles. The van der Waals surface area contributed by atoms with Crippen LogP contribution in [0.5, 0.6) is 5.75 Å². The van der Waals surface area contributed by atoms with Crippen LogP contribution in [0, 0.1) is 5.92 Å². The first kappa shape index (κ1) is 13.7. The fourth-order valence-electron chi connectivity index (χ4n) is 2.60. The molecule has 5 heteroatoms. The van der Waals surface area contributed by atoms with Crippen molar-refractivity contribution in [2.24, 2.45) is 11.7 Å². The number of hydrogen-bond acceptors (Lipinski definition) is 3. The van der Waals surface area contributed by atoms with Gasteiger partial charge in [-0.05, 0) is 37.8 Å². The number of amides is 1. The van der Waals surface area contributed by atoms with Crippen molar-refractivity contribution in [3.05, 3.63) is 29.3 Å². The zero-order valence-corrected chi connectivity index (χ0v) is 12.3. The van der Waals surface area contributed by atoms with E-state index in [4.69, 9.17) is 22.1 Å². The van der Waals surface area contributed by atoms with E-state index in [0.29, 0.717) is 29.8 Å². The fourth-order valence-corrected chi connectivity index (χ4v) is 2.78.